The second-order valence-corrected chi connectivity index (χ2v) is 4.55. The van der Waals surface area contributed by atoms with Gasteiger partial charge < -0.3 is 14.8 Å². The van der Waals surface area contributed by atoms with Crippen molar-refractivity contribution in [3.8, 4) is 0 Å². The fraction of sp³-hybridized carbons (Fsp3) is 0.143. The molecule has 0 radical (unpaired) electrons. The Morgan fingerprint density at radius 2 is 2.30 bits per heavy atom. The van der Waals surface area contributed by atoms with Gasteiger partial charge in [0.15, 0.2) is 5.82 Å². The molecule has 102 valence electrons. The van der Waals surface area contributed by atoms with Gasteiger partial charge in [-0.05, 0) is 30.7 Å². The van der Waals surface area contributed by atoms with Gasteiger partial charge in [0.05, 0.1) is 6.42 Å². The first-order valence-corrected chi connectivity index (χ1v) is 6.10. The summed E-state index contributed by atoms with van der Waals surface area (Å²) < 4.78 is 18.0. The fourth-order valence-corrected chi connectivity index (χ4v) is 2.09. The van der Waals surface area contributed by atoms with Gasteiger partial charge in [-0.2, -0.15) is 0 Å². The number of carbonyl (C=O) groups is 1. The van der Waals surface area contributed by atoms with Crippen LogP contribution in [-0.2, 0) is 11.2 Å². The highest BCUT2D eigenvalue weighted by atomic mass is 19.1. The Labute approximate surface area is 113 Å². The summed E-state index contributed by atoms with van der Waals surface area (Å²) in [4.78, 5) is 14.9. The van der Waals surface area contributed by atoms with Crippen molar-refractivity contribution in [1.29, 1.82) is 0 Å². The van der Waals surface area contributed by atoms with Gasteiger partial charge in [0.1, 0.15) is 11.6 Å². The molecule has 5 nitrogen and oxygen atoms in total. The number of nitrogens with one attached hydrogen (secondary N) is 2. The molecule has 6 heteroatoms. The maximum absolute atomic E-state index is 13.1. The molecule has 1 aromatic carbocycles. The van der Waals surface area contributed by atoms with E-state index in [4.69, 9.17) is 4.52 Å². The van der Waals surface area contributed by atoms with E-state index in [1.54, 1.807) is 25.3 Å². The summed E-state index contributed by atoms with van der Waals surface area (Å²) in [6.45, 7) is 1.75. The van der Waals surface area contributed by atoms with Crippen LogP contribution in [0.4, 0.5) is 10.2 Å². The van der Waals surface area contributed by atoms with Crippen LogP contribution in [0.5, 0.6) is 0 Å². The van der Waals surface area contributed by atoms with E-state index < -0.39 is 0 Å². The largest absolute Gasteiger partial charge is 0.361 e. The maximum Gasteiger partial charge on any atom is 0.230 e. The minimum atomic E-state index is -0.312. The van der Waals surface area contributed by atoms with Crippen LogP contribution in [0.1, 0.15) is 11.3 Å². The van der Waals surface area contributed by atoms with Gasteiger partial charge in [-0.15, -0.1) is 0 Å². The van der Waals surface area contributed by atoms with E-state index in [0.717, 1.165) is 10.9 Å². The molecule has 0 unspecified atom stereocenters. The molecule has 0 fully saturated rings. The van der Waals surface area contributed by atoms with Crippen molar-refractivity contribution in [1.82, 2.24) is 10.1 Å². The first-order chi connectivity index (χ1) is 9.61. The number of aromatic amines is 1. The van der Waals surface area contributed by atoms with Gasteiger partial charge in [0.2, 0.25) is 5.91 Å². The number of halogens is 1. The lowest BCUT2D eigenvalue weighted by molar-refractivity contribution is -0.115. The van der Waals surface area contributed by atoms with Gasteiger partial charge >= 0.3 is 0 Å². The lowest BCUT2D eigenvalue weighted by Gasteiger charge is -2.00. The molecule has 2 heterocycles. The molecule has 2 aromatic heterocycles. The summed E-state index contributed by atoms with van der Waals surface area (Å²) in [6, 6.07) is 6.07. The van der Waals surface area contributed by atoms with Gasteiger partial charge in [0, 0.05) is 23.2 Å². The molecule has 0 aliphatic carbocycles. The normalized spacial score (nSPS) is 10.9. The Bertz CT molecular complexity index is 776. The molecule has 20 heavy (non-hydrogen) atoms. The highest BCUT2D eigenvalue weighted by Crippen LogP contribution is 2.20. The first-order valence-electron chi connectivity index (χ1n) is 6.10. The van der Waals surface area contributed by atoms with Crippen molar-refractivity contribution in [2.75, 3.05) is 5.32 Å². The number of fused-ring (bicyclic) bond motifs is 1. The molecular formula is C14H12FN3O2. The Kier molecular flexibility index (Phi) is 2.98. The van der Waals surface area contributed by atoms with E-state index in [-0.39, 0.29) is 18.1 Å². The van der Waals surface area contributed by atoms with Gasteiger partial charge in [-0.1, -0.05) is 5.16 Å². The number of anilines is 1. The predicted octanol–water partition coefficient (Wildman–Crippen LogP) is 2.78. The summed E-state index contributed by atoms with van der Waals surface area (Å²) in [5.74, 6) is 0.498. The van der Waals surface area contributed by atoms with E-state index in [9.17, 15) is 9.18 Å². The topological polar surface area (TPSA) is 70.9 Å². The third-order valence-electron chi connectivity index (χ3n) is 2.98. The van der Waals surface area contributed by atoms with Crippen molar-refractivity contribution in [3.63, 3.8) is 0 Å². The smallest absolute Gasteiger partial charge is 0.230 e. The van der Waals surface area contributed by atoms with Crippen LogP contribution in [0.15, 0.2) is 35.0 Å². The number of hydrogen-bond donors (Lipinski definition) is 2. The molecule has 0 aliphatic heterocycles. The SMILES string of the molecule is Cc1cc(NC(=O)Cc2c[nH]c3cc(F)ccc23)no1. The van der Waals surface area contributed by atoms with Crippen molar-refractivity contribution in [2.45, 2.75) is 13.3 Å². The van der Waals surface area contributed by atoms with Crippen LogP contribution >= 0.6 is 0 Å². The molecule has 1 amide bonds. The summed E-state index contributed by atoms with van der Waals surface area (Å²) in [5.41, 5.74) is 1.47. The Morgan fingerprint density at radius 1 is 1.45 bits per heavy atom. The summed E-state index contributed by atoms with van der Waals surface area (Å²) >= 11 is 0. The number of aryl methyl sites for hydroxylation is 1. The monoisotopic (exact) mass is 273 g/mol. The number of H-pyrrole nitrogens is 1. The van der Waals surface area contributed by atoms with Crippen LogP contribution in [0.2, 0.25) is 0 Å². The Hall–Kier alpha value is -2.63. The molecule has 0 saturated heterocycles. The molecule has 0 bridgehead atoms. The third-order valence-corrected chi connectivity index (χ3v) is 2.98. The Morgan fingerprint density at radius 3 is 3.05 bits per heavy atom. The zero-order valence-corrected chi connectivity index (χ0v) is 10.7. The molecule has 2 N–H and O–H groups in total. The quantitative estimate of drug-likeness (QED) is 0.770. The van der Waals surface area contributed by atoms with E-state index in [2.05, 4.69) is 15.5 Å². The summed E-state index contributed by atoms with van der Waals surface area (Å²) in [6.07, 6.45) is 1.88. The number of hydrogen-bond acceptors (Lipinski definition) is 3. The number of aromatic nitrogens is 2. The standard InChI is InChI=1S/C14H12FN3O2/c1-8-4-13(18-20-8)17-14(19)5-9-7-16-12-6-10(15)2-3-11(9)12/h2-4,6-7,16H,5H2,1H3,(H,17,18,19). The van der Waals surface area contributed by atoms with Gasteiger partial charge in [0.25, 0.3) is 0 Å². The predicted molar refractivity (Wildman–Crippen MR) is 71.8 cm³/mol. The molecule has 3 aromatic rings. The molecule has 3 rings (SSSR count). The summed E-state index contributed by atoms with van der Waals surface area (Å²) in [7, 11) is 0. The van der Waals surface area contributed by atoms with Crippen molar-refractivity contribution >= 4 is 22.6 Å². The third kappa shape index (κ3) is 2.40. The van der Waals surface area contributed by atoms with E-state index >= 15 is 0 Å². The number of nitrogens with zero attached hydrogens (tertiary/aromatic N) is 1. The van der Waals surface area contributed by atoms with E-state index in [1.807, 2.05) is 0 Å². The van der Waals surface area contributed by atoms with Crippen LogP contribution in [0, 0.1) is 12.7 Å². The van der Waals surface area contributed by atoms with Crippen molar-refractivity contribution in [2.24, 2.45) is 0 Å². The minimum Gasteiger partial charge on any atom is -0.361 e. The van der Waals surface area contributed by atoms with Gasteiger partial charge in [-0.25, -0.2) is 4.39 Å². The number of amides is 1. The highest BCUT2D eigenvalue weighted by molar-refractivity contribution is 5.95. The number of carbonyl (C=O) groups excluding carboxylic acids is 1. The average molecular weight is 273 g/mol. The second-order valence-electron chi connectivity index (χ2n) is 4.55. The number of rotatable bonds is 3. The fourth-order valence-electron chi connectivity index (χ4n) is 2.09. The lowest BCUT2D eigenvalue weighted by Crippen LogP contribution is -2.14. The maximum atomic E-state index is 13.1. The zero-order chi connectivity index (χ0) is 14.1. The van der Waals surface area contributed by atoms with Crippen molar-refractivity contribution < 1.29 is 13.7 Å². The zero-order valence-electron chi connectivity index (χ0n) is 10.7. The van der Waals surface area contributed by atoms with Gasteiger partial charge in [-0.3, -0.25) is 4.79 Å². The Balaban J connectivity index is 1.77. The average Bonchev–Trinajstić information content (AvgIpc) is 2.96. The van der Waals surface area contributed by atoms with Crippen LogP contribution in [-0.4, -0.2) is 16.0 Å². The highest BCUT2D eigenvalue weighted by Gasteiger charge is 2.11. The lowest BCUT2D eigenvalue weighted by atomic mass is 10.1. The molecule has 0 saturated carbocycles. The molecule has 0 atom stereocenters. The molecule has 0 aliphatic rings. The minimum absolute atomic E-state index is 0.178. The van der Waals surface area contributed by atoms with Crippen LogP contribution in [0.3, 0.4) is 0 Å². The van der Waals surface area contributed by atoms with Crippen molar-refractivity contribution in [3.05, 3.63) is 47.6 Å². The second kappa shape index (κ2) is 4.80. The molecule has 0 spiro atoms. The van der Waals surface area contributed by atoms with E-state index in [0.29, 0.717) is 17.1 Å². The van der Waals surface area contributed by atoms with E-state index in [1.165, 1.54) is 12.1 Å². The first kappa shape index (κ1) is 12.4. The van der Waals surface area contributed by atoms with Crippen LogP contribution < -0.4 is 5.32 Å². The van der Waals surface area contributed by atoms with Crippen LogP contribution in [0.25, 0.3) is 10.9 Å². The number of benzene rings is 1. The summed E-state index contributed by atoms with van der Waals surface area (Å²) in [5, 5.41) is 7.17. The molecular weight excluding hydrogens is 261 g/mol.